The van der Waals surface area contributed by atoms with E-state index in [4.69, 9.17) is 9.72 Å². The van der Waals surface area contributed by atoms with E-state index in [0.717, 1.165) is 47.5 Å². The Morgan fingerprint density at radius 1 is 1.17 bits per heavy atom. The van der Waals surface area contributed by atoms with E-state index < -0.39 is 0 Å². The van der Waals surface area contributed by atoms with E-state index in [9.17, 15) is 10.1 Å². The fourth-order valence-electron chi connectivity index (χ4n) is 6.21. The first-order valence-electron chi connectivity index (χ1n) is 13.2. The zero-order valence-electron chi connectivity index (χ0n) is 20.8. The van der Waals surface area contributed by atoms with Crippen LogP contribution in [0.1, 0.15) is 77.8 Å². The van der Waals surface area contributed by atoms with E-state index in [1.54, 1.807) is 6.20 Å². The molecule has 2 aliphatic heterocycles. The summed E-state index contributed by atoms with van der Waals surface area (Å²) in [5.74, 6) is 1.23. The zero-order chi connectivity index (χ0) is 24.6. The zero-order valence-corrected chi connectivity index (χ0v) is 20.8. The number of pyridine rings is 2. The van der Waals surface area contributed by atoms with Crippen LogP contribution in [0, 0.1) is 11.3 Å². The minimum absolute atomic E-state index is 0.0141. The number of carbonyl (C=O) groups is 1. The van der Waals surface area contributed by atoms with E-state index in [0.29, 0.717) is 50.0 Å². The van der Waals surface area contributed by atoms with Crippen LogP contribution in [0.25, 0.3) is 5.65 Å². The monoisotopic (exact) mass is 484 g/mol. The van der Waals surface area contributed by atoms with Crippen molar-refractivity contribution in [2.24, 2.45) is 0 Å². The molecule has 0 radical (unpaired) electrons. The highest BCUT2D eigenvalue weighted by molar-refractivity contribution is 5.93. The van der Waals surface area contributed by atoms with Crippen LogP contribution in [0.15, 0.2) is 30.6 Å². The van der Waals surface area contributed by atoms with Crippen LogP contribution in [-0.2, 0) is 17.8 Å². The average Bonchev–Trinajstić information content (AvgIpc) is 3.36. The van der Waals surface area contributed by atoms with Crippen LogP contribution >= 0.6 is 0 Å². The predicted molar refractivity (Wildman–Crippen MR) is 136 cm³/mol. The van der Waals surface area contributed by atoms with Crippen LogP contribution in [0.3, 0.4) is 0 Å². The van der Waals surface area contributed by atoms with Gasteiger partial charge in [-0.3, -0.25) is 9.20 Å². The Morgan fingerprint density at radius 2 is 2.03 bits per heavy atom. The normalized spacial score (nSPS) is 20.8. The highest BCUT2D eigenvalue weighted by Crippen LogP contribution is 2.39. The van der Waals surface area contributed by atoms with Crippen molar-refractivity contribution in [3.63, 3.8) is 0 Å². The molecule has 6 rings (SSSR count). The molecule has 36 heavy (non-hydrogen) atoms. The predicted octanol–water partition coefficient (Wildman–Crippen LogP) is 4.07. The van der Waals surface area contributed by atoms with Crippen molar-refractivity contribution in [3.05, 3.63) is 58.7 Å². The van der Waals surface area contributed by atoms with Crippen molar-refractivity contribution in [3.8, 4) is 6.07 Å². The molecule has 1 amide bonds. The molecule has 2 fully saturated rings. The summed E-state index contributed by atoms with van der Waals surface area (Å²) in [7, 11) is 0. The number of nitriles is 1. The molecule has 1 aliphatic carbocycles. The lowest BCUT2D eigenvalue weighted by atomic mass is 9.82. The van der Waals surface area contributed by atoms with Gasteiger partial charge in [0.05, 0.1) is 30.7 Å². The van der Waals surface area contributed by atoms with Crippen LogP contribution < -0.4 is 4.90 Å². The number of aromatic nitrogens is 3. The van der Waals surface area contributed by atoms with Crippen LogP contribution in [0.2, 0.25) is 0 Å². The molecule has 0 bridgehead atoms. The Bertz CT molecular complexity index is 1340. The van der Waals surface area contributed by atoms with Crippen molar-refractivity contribution >= 4 is 17.4 Å². The molecular formula is C28H32N6O2. The summed E-state index contributed by atoms with van der Waals surface area (Å²) >= 11 is 0. The SMILES string of the molecule is CC1CN(c2nc(C3CCCCC3)c3c(c2C#N)CCOC3)CCN1C(=O)c1cnc2ccccn12. The summed E-state index contributed by atoms with van der Waals surface area (Å²) < 4.78 is 7.67. The first-order valence-corrected chi connectivity index (χ1v) is 13.2. The molecule has 1 saturated heterocycles. The van der Waals surface area contributed by atoms with Gasteiger partial charge in [0.25, 0.3) is 5.91 Å². The number of rotatable bonds is 3. The van der Waals surface area contributed by atoms with Gasteiger partial charge in [0.2, 0.25) is 0 Å². The highest BCUT2D eigenvalue weighted by atomic mass is 16.5. The second-order valence-corrected chi connectivity index (χ2v) is 10.3. The Labute approximate surface area is 211 Å². The molecule has 1 atom stereocenters. The second-order valence-electron chi connectivity index (χ2n) is 10.3. The minimum atomic E-state index is -0.0219. The van der Waals surface area contributed by atoms with Gasteiger partial charge in [-0.1, -0.05) is 25.3 Å². The van der Waals surface area contributed by atoms with E-state index in [2.05, 4.69) is 22.9 Å². The molecule has 0 spiro atoms. The molecule has 5 heterocycles. The summed E-state index contributed by atoms with van der Waals surface area (Å²) in [4.78, 5) is 27.2. The number of imidazole rings is 1. The maximum absolute atomic E-state index is 13.5. The average molecular weight is 485 g/mol. The third kappa shape index (κ3) is 3.92. The van der Waals surface area contributed by atoms with E-state index in [1.807, 2.05) is 33.7 Å². The lowest BCUT2D eigenvalue weighted by molar-refractivity contribution is 0.0666. The molecule has 8 nitrogen and oxygen atoms in total. The lowest BCUT2D eigenvalue weighted by Crippen LogP contribution is -2.54. The Morgan fingerprint density at radius 3 is 2.83 bits per heavy atom. The van der Waals surface area contributed by atoms with Crippen LogP contribution in [0.4, 0.5) is 5.82 Å². The van der Waals surface area contributed by atoms with Crippen molar-refractivity contribution < 1.29 is 9.53 Å². The number of amides is 1. The van der Waals surface area contributed by atoms with Gasteiger partial charge in [0.1, 0.15) is 23.2 Å². The quantitative estimate of drug-likeness (QED) is 0.557. The fourth-order valence-corrected chi connectivity index (χ4v) is 6.21. The van der Waals surface area contributed by atoms with Crippen LogP contribution in [-0.4, -0.2) is 57.5 Å². The number of anilines is 1. The summed E-state index contributed by atoms with van der Waals surface area (Å²) in [6.45, 7) is 5.14. The second kappa shape index (κ2) is 9.55. The third-order valence-electron chi connectivity index (χ3n) is 8.10. The van der Waals surface area contributed by atoms with Gasteiger partial charge >= 0.3 is 0 Å². The molecule has 8 heteroatoms. The molecule has 0 N–H and O–H groups in total. The smallest absolute Gasteiger partial charge is 0.272 e. The standard InChI is InChI=1S/C28H32N6O2/c1-19-17-32(12-13-33(19)28(35)24-16-30-25-9-5-6-11-34(24)25)27-22(15-29)21-10-14-36-18-23(21)26(31-27)20-7-3-2-4-8-20/h5-6,9,11,16,19-20H,2-4,7-8,10,12-14,17-18H2,1H3. The molecule has 3 aromatic heterocycles. The highest BCUT2D eigenvalue weighted by Gasteiger charge is 2.34. The Kier molecular flexibility index (Phi) is 6.10. The molecule has 3 aliphatic rings. The number of carbonyl (C=O) groups excluding carboxylic acids is 1. The maximum atomic E-state index is 13.5. The Balaban J connectivity index is 1.30. The first-order chi connectivity index (χ1) is 17.7. The third-order valence-corrected chi connectivity index (χ3v) is 8.10. The Hall–Kier alpha value is -3.44. The largest absolute Gasteiger partial charge is 0.376 e. The van der Waals surface area contributed by atoms with Gasteiger partial charge < -0.3 is 14.5 Å². The molecule has 0 aromatic carbocycles. The maximum Gasteiger partial charge on any atom is 0.272 e. The lowest BCUT2D eigenvalue weighted by Gasteiger charge is -2.41. The van der Waals surface area contributed by atoms with Crippen molar-refractivity contribution in [2.75, 3.05) is 31.1 Å². The number of hydrogen-bond donors (Lipinski definition) is 0. The number of fused-ring (bicyclic) bond motifs is 2. The number of ether oxygens (including phenoxy) is 1. The van der Waals surface area contributed by atoms with Gasteiger partial charge in [-0.25, -0.2) is 9.97 Å². The summed E-state index contributed by atoms with van der Waals surface area (Å²) in [5.41, 5.74) is 5.48. The topological polar surface area (TPSA) is 86.8 Å². The summed E-state index contributed by atoms with van der Waals surface area (Å²) in [6.07, 6.45) is 10.4. The van der Waals surface area contributed by atoms with Gasteiger partial charge in [0.15, 0.2) is 0 Å². The molecule has 1 saturated carbocycles. The molecular weight excluding hydrogens is 452 g/mol. The van der Waals surface area contributed by atoms with Crippen LogP contribution in [0.5, 0.6) is 0 Å². The fraction of sp³-hybridized carbons (Fsp3) is 0.500. The van der Waals surface area contributed by atoms with Crippen molar-refractivity contribution in [2.45, 2.75) is 64.0 Å². The van der Waals surface area contributed by atoms with E-state index >= 15 is 0 Å². The van der Waals surface area contributed by atoms with Crippen molar-refractivity contribution in [1.29, 1.82) is 5.26 Å². The number of nitrogens with zero attached hydrogens (tertiary/aromatic N) is 6. The summed E-state index contributed by atoms with van der Waals surface area (Å²) in [6, 6.07) is 8.20. The van der Waals surface area contributed by atoms with Gasteiger partial charge in [-0.05, 0) is 43.9 Å². The van der Waals surface area contributed by atoms with E-state index in [-0.39, 0.29) is 11.9 Å². The first kappa shape index (κ1) is 23.0. The van der Waals surface area contributed by atoms with Crippen molar-refractivity contribution in [1.82, 2.24) is 19.3 Å². The van der Waals surface area contributed by atoms with Gasteiger partial charge in [-0.15, -0.1) is 0 Å². The molecule has 3 aromatic rings. The number of piperazine rings is 1. The van der Waals surface area contributed by atoms with E-state index in [1.165, 1.54) is 19.3 Å². The molecule has 186 valence electrons. The summed E-state index contributed by atoms with van der Waals surface area (Å²) in [5, 5.41) is 10.2. The molecule has 1 unspecified atom stereocenters. The minimum Gasteiger partial charge on any atom is -0.376 e. The number of hydrogen-bond acceptors (Lipinski definition) is 6. The van der Waals surface area contributed by atoms with Gasteiger partial charge in [-0.2, -0.15) is 5.26 Å². The van der Waals surface area contributed by atoms with Gasteiger partial charge in [0, 0.05) is 43.4 Å².